The summed E-state index contributed by atoms with van der Waals surface area (Å²) in [6.45, 7) is 9.45. The monoisotopic (exact) mass is 424 g/mol. The van der Waals surface area contributed by atoms with Crippen LogP contribution in [0, 0.1) is 11.8 Å². The number of alkyl carbamates (subject to hydrolysis) is 1. The Balaban J connectivity index is 1.81. The molecule has 4 unspecified atom stereocenters. The van der Waals surface area contributed by atoms with E-state index in [1.807, 2.05) is 13.8 Å². The van der Waals surface area contributed by atoms with Crippen LogP contribution in [-0.4, -0.2) is 63.9 Å². The number of carbonyl (C=O) groups excluding carboxylic acids is 2. The summed E-state index contributed by atoms with van der Waals surface area (Å²) >= 11 is 0. The fraction of sp³-hybridized carbons (Fsp3) is 0.864. The van der Waals surface area contributed by atoms with Gasteiger partial charge in [0.2, 0.25) is 5.91 Å². The van der Waals surface area contributed by atoms with E-state index in [2.05, 4.69) is 5.32 Å². The van der Waals surface area contributed by atoms with Gasteiger partial charge in [-0.2, -0.15) is 0 Å². The van der Waals surface area contributed by atoms with Crippen LogP contribution in [0.2, 0.25) is 0 Å². The van der Waals surface area contributed by atoms with Gasteiger partial charge >= 0.3 is 12.1 Å². The fourth-order valence-corrected chi connectivity index (χ4v) is 5.28. The van der Waals surface area contributed by atoms with Crippen molar-refractivity contribution in [2.75, 3.05) is 6.54 Å². The minimum Gasteiger partial charge on any atom is -0.480 e. The Bertz CT molecular complexity index is 680. The van der Waals surface area contributed by atoms with Gasteiger partial charge in [0.1, 0.15) is 17.7 Å². The van der Waals surface area contributed by atoms with Gasteiger partial charge in [-0.1, -0.05) is 19.3 Å². The normalized spacial score (nSPS) is 29.9. The number of fused-ring (bicyclic) bond motifs is 1. The molecule has 0 spiro atoms. The van der Waals surface area contributed by atoms with E-state index in [1.54, 1.807) is 20.8 Å². The first-order valence-electron chi connectivity index (χ1n) is 11.1. The first-order chi connectivity index (χ1) is 13.9. The van der Waals surface area contributed by atoms with Gasteiger partial charge in [0.25, 0.3) is 0 Å². The third-order valence-corrected chi connectivity index (χ3v) is 6.39. The molecule has 8 nitrogen and oxygen atoms in total. The predicted molar refractivity (Wildman–Crippen MR) is 110 cm³/mol. The Labute approximate surface area is 178 Å². The molecule has 2 aliphatic heterocycles. The summed E-state index contributed by atoms with van der Waals surface area (Å²) in [5.74, 6) is -1.62. The number of nitrogens with zero attached hydrogens (tertiary/aromatic N) is 1. The summed E-state index contributed by atoms with van der Waals surface area (Å²) in [6.07, 6.45) is 4.41. The zero-order valence-corrected chi connectivity index (χ0v) is 18.8. The number of carboxylic acid groups (broad SMARTS) is 1. The van der Waals surface area contributed by atoms with Crippen LogP contribution in [0.5, 0.6) is 0 Å². The van der Waals surface area contributed by atoms with Crippen LogP contribution in [0.4, 0.5) is 4.79 Å². The number of ether oxygens (including phenoxy) is 2. The van der Waals surface area contributed by atoms with Crippen molar-refractivity contribution in [3.8, 4) is 0 Å². The highest BCUT2D eigenvalue weighted by atomic mass is 16.6. The largest absolute Gasteiger partial charge is 0.480 e. The van der Waals surface area contributed by atoms with E-state index in [0.717, 1.165) is 32.1 Å². The highest BCUT2D eigenvalue weighted by Crippen LogP contribution is 2.43. The van der Waals surface area contributed by atoms with Crippen molar-refractivity contribution in [3.63, 3.8) is 0 Å². The molecule has 2 saturated heterocycles. The molecule has 0 radical (unpaired) electrons. The molecule has 0 aromatic rings. The SMILES string of the molecule is CC(C)(C)OC(=O)NC(C(=O)N1CC2OC(C)(C)CC2C1C(=O)O)C1CCCCC1. The van der Waals surface area contributed by atoms with Gasteiger partial charge in [-0.25, -0.2) is 9.59 Å². The van der Waals surface area contributed by atoms with Crippen LogP contribution in [0.15, 0.2) is 0 Å². The second-order valence-electron chi connectivity index (χ2n) is 10.6. The van der Waals surface area contributed by atoms with Crippen molar-refractivity contribution in [1.82, 2.24) is 10.2 Å². The van der Waals surface area contributed by atoms with E-state index in [0.29, 0.717) is 6.42 Å². The summed E-state index contributed by atoms with van der Waals surface area (Å²) in [6, 6.07) is -1.72. The molecule has 2 N–H and O–H groups in total. The first-order valence-corrected chi connectivity index (χ1v) is 11.1. The van der Waals surface area contributed by atoms with Crippen molar-refractivity contribution in [3.05, 3.63) is 0 Å². The third kappa shape index (κ3) is 5.07. The van der Waals surface area contributed by atoms with Gasteiger partial charge in [0.15, 0.2) is 0 Å². The number of rotatable bonds is 4. The van der Waals surface area contributed by atoms with Gasteiger partial charge < -0.3 is 24.8 Å². The van der Waals surface area contributed by atoms with Crippen LogP contribution in [-0.2, 0) is 19.1 Å². The number of hydrogen-bond acceptors (Lipinski definition) is 5. The van der Waals surface area contributed by atoms with E-state index in [1.165, 1.54) is 4.90 Å². The topological polar surface area (TPSA) is 105 Å². The predicted octanol–water partition coefficient (Wildman–Crippen LogP) is 2.94. The molecule has 0 bridgehead atoms. The molecule has 30 heavy (non-hydrogen) atoms. The molecule has 4 atom stereocenters. The van der Waals surface area contributed by atoms with Crippen LogP contribution in [0.3, 0.4) is 0 Å². The van der Waals surface area contributed by atoms with Crippen molar-refractivity contribution >= 4 is 18.0 Å². The number of likely N-dealkylation sites (tertiary alicyclic amines) is 1. The van der Waals surface area contributed by atoms with Gasteiger partial charge in [0.05, 0.1) is 11.7 Å². The molecule has 0 aromatic carbocycles. The fourth-order valence-electron chi connectivity index (χ4n) is 5.28. The Morgan fingerprint density at radius 2 is 1.80 bits per heavy atom. The lowest BCUT2D eigenvalue weighted by atomic mass is 9.83. The first kappa shape index (κ1) is 22.8. The zero-order valence-electron chi connectivity index (χ0n) is 18.8. The number of nitrogens with one attached hydrogen (secondary N) is 1. The molecular formula is C22H36N2O6. The van der Waals surface area contributed by atoms with E-state index >= 15 is 0 Å². The maximum absolute atomic E-state index is 13.6. The standard InChI is InChI=1S/C22H36N2O6/c1-21(2,3)30-20(28)23-16(13-9-7-6-8-10-13)18(25)24-12-15-14(17(24)19(26)27)11-22(4,5)29-15/h13-17H,6-12H2,1-5H3,(H,23,28)(H,26,27). The van der Waals surface area contributed by atoms with Crippen LogP contribution in [0.25, 0.3) is 0 Å². The molecule has 8 heteroatoms. The van der Waals surface area contributed by atoms with E-state index in [4.69, 9.17) is 9.47 Å². The summed E-state index contributed by atoms with van der Waals surface area (Å²) in [5.41, 5.74) is -1.08. The molecule has 1 saturated carbocycles. The maximum atomic E-state index is 13.6. The van der Waals surface area contributed by atoms with Gasteiger partial charge in [-0.15, -0.1) is 0 Å². The Kier molecular flexibility index (Phi) is 6.37. The number of carboxylic acids is 1. The molecule has 0 aromatic heterocycles. The van der Waals surface area contributed by atoms with Crippen LogP contribution in [0.1, 0.15) is 73.1 Å². The second-order valence-corrected chi connectivity index (χ2v) is 10.6. The molecule has 2 heterocycles. The summed E-state index contributed by atoms with van der Waals surface area (Å²) in [4.78, 5) is 39.6. The third-order valence-electron chi connectivity index (χ3n) is 6.39. The molecule has 3 rings (SSSR count). The van der Waals surface area contributed by atoms with Crippen molar-refractivity contribution in [1.29, 1.82) is 0 Å². The minimum atomic E-state index is -1.02. The van der Waals surface area contributed by atoms with Crippen LogP contribution < -0.4 is 5.32 Å². The number of hydrogen-bond donors (Lipinski definition) is 2. The molecule has 3 aliphatic rings. The Morgan fingerprint density at radius 1 is 1.17 bits per heavy atom. The highest BCUT2D eigenvalue weighted by Gasteiger charge is 2.56. The van der Waals surface area contributed by atoms with Crippen molar-refractivity contribution < 1.29 is 29.0 Å². The second kappa shape index (κ2) is 8.36. The lowest BCUT2D eigenvalue weighted by molar-refractivity contribution is -0.151. The highest BCUT2D eigenvalue weighted by molar-refractivity contribution is 5.90. The Morgan fingerprint density at radius 3 is 2.37 bits per heavy atom. The lowest BCUT2D eigenvalue weighted by Crippen LogP contribution is -2.56. The molecule has 170 valence electrons. The number of carbonyl (C=O) groups is 3. The summed E-state index contributed by atoms with van der Waals surface area (Å²) in [7, 11) is 0. The quantitative estimate of drug-likeness (QED) is 0.719. The molecular weight excluding hydrogens is 388 g/mol. The zero-order chi connectivity index (χ0) is 22.3. The maximum Gasteiger partial charge on any atom is 0.408 e. The lowest BCUT2D eigenvalue weighted by Gasteiger charge is -2.35. The average molecular weight is 425 g/mol. The van der Waals surface area contributed by atoms with Crippen LogP contribution >= 0.6 is 0 Å². The van der Waals surface area contributed by atoms with Gasteiger partial charge in [0, 0.05) is 12.5 Å². The van der Waals surface area contributed by atoms with Gasteiger partial charge in [-0.3, -0.25) is 4.79 Å². The summed E-state index contributed by atoms with van der Waals surface area (Å²) < 4.78 is 11.4. The van der Waals surface area contributed by atoms with E-state index < -0.39 is 35.3 Å². The van der Waals surface area contributed by atoms with Crippen molar-refractivity contribution in [2.24, 2.45) is 11.8 Å². The van der Waals surface area contributed by atoms with Gasteiger partial charge in [-0.05, 0) is 59.8 Å². The van der Waals surface area contributed by atoms with Crippen molar-refractivity contribution in [2.45, 2.75) is 103 Å². The van der Waals surface area contributed by atoms with E-state index in [9.17, 15) is 19.5 Å². The minimum absolute atomic E-state index is 0.0222. The smallest absolute Gasteiger partial charge is 0.408 e. The van der Waals surface area contributed by atoms with E-state index in [-0.39, 0.29) is 30.4 Å². The Hall–Kier alpha value is -1.83. The average Bonchev–Trinajstić information content (AvgIpc) is 3.09. The molecule has 3 fully saturated rings. The number of amides is 2. The molecule has 1 aliphatic carbocycles. The summed E-state index contributed by atoms with van der Waals surface area (Å²) in [5, 5.41) is 12.7. The molecule has 2 amide bonds. The number of aliphatic carboxylic acids is 1.